The topological polar surface area (TPSA) is 62.3 Å². The second-order valence-corrected chi connectivity index (χ2v) is 7.17. The van der Waals surface area contributed by atoms with Crippen molar-refractivity contribution in [1.29, 1.82) is 0 Å². The molecule has 3 aromatic rings. The largest absolute Gasteiger partial charge is 0.346 e. The van der Waals surface area contributed by atoms with E-state index >= 15 is 0 Å². The number of pyridine rings is 1. The SMILES string of the molecule is O=C(NCC(=O)N1CCc2ccccc21)C(Cc1cccnc1)c1ccccc1. The molecular weight excluding hydrogens is 362 g/mol. The van der Waals surface area contributed by atoms with E-state index in [1.165, 1.54) is 5.56 Å². The van der Waals surface area contributed by atoms with Gasteiger partial charge in [0.05, 0.1) is 12.5 Å². The number of fused-ring (bicyclic) bond motifs is 1. The molecular formula is C24H23N3O2. The summed E-state index contributed by atoms with van der Waals surface area (Å²) in [5.74, 6) is -0.614. The van der Waals surface area contributed by atoms with Gasteiger partial charge in [0.2, 0.25) is 11.8 Å². The zero-order chi connectivity index (χ0) is 20.1. The van der Waals surface area contributed by atoms with Gasteiger partial charge >= 0.3 is 0 Å². The van der Waals surface area contributed by atoms with Crippen molar-refractivity contribution >= 4 is 17.5 Å². The van der Waals surface area contributed by atoms with Crippen molar-refractivity contribution in [1.82, 2.24) is 10.3 Å². The van der Waals surface area contributed by atoms with Gasteiger partial charge in [-0.25, -0.2) is 0 Å². The summed E-state index contributed by atoms with van der Waals surface area (Å²) in [5.41, 5.74) is 4.02. The maximum atomic E-state index is 13.0. The first kappa shape index (κ1) is 18.9. The van der Waals surface area contributed by atoms with Gasteiger partial charge in [-0.1, -0.05) is 54.6 Å². The van der Waals surface area contributed by atoms with Crippen molar-refractivity contribution < 1.29 is 9.59 Å². The molecule has 0 bridgehead atoms. The van der Waals surface area contributed by atoms with Gasteiger partial charge in [-0.2, -0.15) is 0 Å². The fourth-order valence-corrected chi connectivity index (χ4v) is 3.78. The Bertz CT molecular complexity index is 989. The van der Waals surface area contributed by atoms with Gasteiger partial charge < -0.3 is 10.2 Å². The van der Waals surface area contributed by atoms with E-state index < -0.39 is 0 Å². The molecule has 1 aliphatic rings. The fraction of sp³-hybridized carbons (Fsp3) is 0.208. The van der Waals surface area contributed by atoms with Crippen LogP contribution >= 0.6 is 0 Å². The summed E-state index contributed by atoms with van der Waals surface area (Å²) in [7, 11) is 0. The molecule has 0 saturated carbocycles. The number of hydrogen-bond donors (Lipinski definition) is 1. The molecule has 4 rings (SSSR count). The van der Waals surface area contributed by atoms with Crippen LogP contribution in [0.5, 0.6) is 0 Å². The molecule has 1 atom stereocenters. The second-order valence-electron chi connectivity index (χ2n) is 7.17. The number of rotatable bonds is 6. The Morgan fingerprint density at radius 2 is 1.79 bits per heavy atom. The summed E-state index contributed by atoms with van der Waals surface area (Å²) in [6.07, 6.45) is 4.87. The van der Waals surface area contributed by atoms with E-state index in [1.54, 1.807) is 17.3 Å². The third kappa shape index (κ3) is 4.35. The van der Waals surface area contributed by atoms with Crippen molar-refractivity contribution in [2.24, 2.45) is 0 Å². The van der Waals surface area contributed by atoms with E-state index in [4.69, 9.17) is 0 Å². The maximum absolute atomic E-state index is 13.0. The molecule has 0 radical (unpaired) electrons. The Hall–Kier alpha value is -3.47. The van der Waals surface area contributed by atoms with Gasteiger partial charge in [-0.05, 0) is 41.7 Å². The molecule has 1 N–H and O–H groups in total. The number of carbonyl (C=O) groups excluding carboxylic acids is 2. The first-order chi connectivity index (χ1) is 14.2. The second kappa shape index (κ2) is 8.69. The van der Waals surface area contributed by atoms with Crippen LogP contribution in [0.3, 0.4) is 0 Å². The molecule has 146 valence electrons. The molecule has 1 unspecified atom stereocenters. The molecule has 0 aliphatic carbocycles. The Balaban J connectivity index is 1.45. The van der Waals surface area contributed by atoms with E-state index in [9.17, 15) is 9.59 Å². The molecule has 5 nitrogen and oxygen atoms in total. The average Bonchev–Trinajstić information content (AvgIpc) is 3.21. The number of nitrogens with zero attached hydrogens (tertiary/aromatic N) is 2. The zero-order valence-corrected chi connectivity index (χ0v) is 16.1. The first-order valence-corrected chi connectivity index (χ1v) is 9.82. The molecule has 1 aliphatic heterocycles. The minimum atomic E-state index is -0.376. The summed E-state index contributed by atoms with van der Waals surface area (Å²) < 4.78 is 0. The third-order valence-electron chi connectivity index (χ3n) is 5.28. The predicted octanol–water partition coefficient (Wildman–Crippen LogP) is 3.11. The van der Waals surface area contributed by atoms with Crippen LogP contribution in [0.15, 0.2) is 79.1 Å². The van der Waals surface area contributed by atoms with Crippen molar-refractivity contribution in [3.63, 3.8) is 0 Å². The number of aromatic nitrogens is 1. The minimum absolute atomic E-state index is 0.0104. The monoisotopic (exact) mass is 385 g/mol. The van der Waals surface area contributed by atoms with Crippen molar-refractivity contribution in [3.05, 3.63) is 95.8 Å². The average molecular weight is 385 g/mol. The van der Waals surface area contributed by atoms with E-state index in [0.717, 1.165) is 23.2 Å². The molecule has 5 heteroatoms. The highest BCUT2D eigenvalue weighted by atomic mass is 16.2. The van der Waals surface area contributed by atoms with E-state index in [1.807, 2.05) is 66.7 Å². The standard InChI is InChI=1S/C24H23N3O2/c28-23(27-14-12-20-10-4-5-11-22(20)27)17-26-24(29)21(19-8-2-1-3-9-19)15-18-7-6-13-25-16-18/h1-11,13,16,21H,12,14-15,17H2,(H,26,29). The number of benzene rings is 2. The smallest absolute Gasteiger partial charge is 0.246 e. The first-order valence-electron chi connectivity index (χ1n) is 9.82. The van der Waals surface area contributed by atoms with Gasteiger partial charge in [-0.15, -0.1) is 0 Å². The van der Waals surface area contributed by atoms with Crippen LogP contribution in [0, 0.1) is 0 Å². The Labute approximate surface area is 170 Å². The Kier molecular flexibility index (Phi) is 5.66. The molecule has 2 amide bonds. The summed E-state index contributed by atoms with van der Waals surface area (Å²) in [5, 5.41) is 2.86. The lowest BCUT2D eigenvalue weighted by Gasteiger charge is -2.20. The van der Waals surface area contributed by atoms with Crippen LogP contribution in [0.4, 0.5) is 5.69 Å². The molecule has 0 fully saturated rings. The summed E-state index contributed by atoms with van der Waals surface area (Å²) in [4.78, 5) is 31.6. The number of anilines is 1. The minimum Gasteiger partial charge on any atom is -0.346 e. The van der Waals surface area contributed by atoms with E-state index in [2.05, 4.69) is 10.3 Å². The Morgan fingerprint density at radius 3 is 2.59 bits per heavy atom. The molecule has 2 aromatic carbocycles. The fourth-order valence-electron chi connectivity index (χ4n) is 3.78. The number of carbonyl (C=O) groups is 2. The van der Waals surface area contributed by atoms with Gasteiger partial charge in [-0.3, -0.25) is 14.6 Å². The van der Waals surface area contributed by atoms with Gasteiger partial charge in [0, 0.05) is 24.6 Å². The molecule has 29 heavy (non-hydrogen) atoms. The number of hydrogen-bond acceptors (Lipinski definition) is 3. The lowest BCUT2D eigenvalue weighted by molar-refractivity contribution is -0.126. The predicted molar refractivity (Wildman–Crippen MR) is 113 cm³/mol. The van der Waals surface area contributed by atoms with Crippen LogP contribution in [0.1, 0.15) is 22.6 Å². The zero-order valence-electron chi connectivity index (χ0n) is 16.1. The van der Waals surface area contributed by atoms with E-state index in [-0.39, 0.29) is 24.3 Å². The highest BCUT2D eigenvalue weighted by Gasteiger charge is 2.26. The van der Waals surface area contributed by atoms with Gasteiger partial charge in [0.15, 0.2) is 0 Å². The summed E-state index contributed by atoms with van der Waals surface area (Å²) in [6.45, 7) is 0.648. The molecule has 2 heterocycles. The number of amides is 2. The summed E-state index contributed by atoms with van der Waals surface area (Å²) >= 11 is 0. The number of para-hydroxylation sites is 1. The van der Waals surface area contributed by atoms with Crippen LogP contribution in [0.2, 0.25) is 0 Å². The maximum Gasteiger partial charge on any atom is 0.246 e. The lowest BCUT2D eigenvalue weighted by atomic mass is 9.92. The van der Waals surface area contributed by atoms with Crippen LogP contribution in [-0.2, 0) is 22.4 Å². The quantitative estimate of drug-likeness (QED) is 0.709. The van der Waals surface area contributed by atoms with Gasteiger partial charge in [0.25, 0.3) is 0 Å². The lowest BCUT2D eigenvalue weighted by Crippen LogP contribution is -2.41. The summed E-state index contributed by atoms with van der Waals surface area (Å²) in [6, 6.07) is 21.4. The van der Waals surface area contributed by atoms with Crippen molar-refractivity contribution in [2.45, 2.75) is 18.8 Å². The highest BCUT2D eigenvalue weighted by molar-refractivity contribution is 5.99. The number of nitrogens with one attached hydrogen (secondary N) is 1. The van der Waals surface area contributed by atoms with Crippen molar-refractivity contribution in [3.8, 4) is 0 Å². The van der Waals surface area contributed by atoms with Crippen molar-refractivity contribution in [2.75, 3.05) is 18.0 Å². The Morgan fingerprint density at radius 1 is 1.00 bits per heavy atom. The van der Waals surface area contributed by atoms with Gasteiger partial charge in [0.1, 0.15) is 0 Å². The molecule has 0 spiro atoms. The molecule has 0 saturated heterocycles. The van der Waals surface area contributed by atoms with Crippen LogP contribution in [0.25, 0.3) is 0 Å². The normalized spacial score (nSPS) is 13.6. The van der Waals surface area contributed by atoms with Crippen LogP contribution in [-0.4, -0.2) is 29.9 Å². The highest BCUT2D eigenvalue weighted by Crippen LogP contribution is 2.27. The third-order valence-corrected chi connectivity index (χ3v) is 5.28. The van der Waals surface area contributed by atoms with Crippen LogP contribution < -0.4 is 10.2 Å². The van der Waals surface area contributed by atoms with E-state index in [0.29, 0.717) is 13.0 Å². The molecule has 1 aromatic heterocycles.